The van der Waals surface area contributed by atoms with E-state index >= 15 is 0 Å². The van der Waals surface area contributed by atoms with Crippen LogP contribution in [0.3, 0.4) is 0 Å². The Morgan fingerprint density at radius 3 is 2.50 bits per heavy atom. The maximum absolute atomic E-state index is 10.4. The minimum Gasteiger partial charge on any atom is -0.478 e. The third-order valence-electron chi connectivity index (χ3n) is 2.02. The molecular weight excluding hydrogens is 204 g/mol. The molecule has 0 atom stereocenters. The number of hydrogen-bond acceptors (Lipinski definition) is 2. The molecule has 0 aliphatic heterocycles. The third-order valence-corrected chi connectivity index (χ3v) is 2.02. The molecule has 0 aromatic heterocycles. The van der Waals surface area contributed by atoms with Gasteiger partial charge in [0.25, 0.3) is 0 Å². The van der Waals surface area contributed by atoms with Gasteiger partial charge in [-0.25, -0.2) is 4.79 Å². The molecule has 0 bridgehead atoms. The molecule has 0 radical (unpaired) electrons. The molecule has 0 heterocycles. The van der Waals surface area contributed by atoms with Crippen molar-refractivity contribution in [1.82, 2.24) is 4.90 Å². The maximum Gasteiger partial charge on any atom is 0.329 e. The molecule has 1 N–H and O–H groups in total. The molecule has 0 amide bonds. The summed E-state index contributed by atoms with van der Waals surface area (Å²) in [5, 5.41) is 8.53. The van der Waals surface area contributed by atoms with E-state index in [0.29, 0.717) is 0 Å². The van der Waals surface area contributed by atoms with Crippen molar-refractivity contribution >= 4 is 11.8 Å². The minimum absolute atomic E-state index is 0.720. The average molecular weight is 218 g/mol. The summed E-state index contributed by atoms with van der Waals surface area (Å²) < 4.78 is 0. The molecule has 4 nitrogen and oxygen atoms in total. The van der Waals surface area contributed by atoms with Crippen LogP contribution in [0.5, 0.6) is 0 Å². The topological polar surface area (TPSA) is 52.9 Å². The zero-order chi connectivity index (χ0) is 12.0. The standard InChI is InChI=1S/C12H14N2O2/c1-13-12(10-6-4-3-5-7-10)14(2)9-8-11(15)16/h3-9H,1-2H3,(H,15,16)/b9-8+,13-12?. The molecule has 84 valence electrons. The highest BCUT2D eigenvalue weighted by atomic mass is 16.4. The first-order chi connectivity index (χ1) is 7.65. The van der Waals surface area contributed by atoms with Gasteiger partial charge in [-0.05, 0) is 0 Å². The lowest BCUT2D eigenvalue weighted by atomic mass is 10.2. The number of aliphatic imine (C=N–C) groups is 1. The Morgan fingerprint density at radius 2 is 2.00 bits per heavy atom. The highest BCUT2D eigenvalue weighted by Gasteiger charge is 2.05. The molecule has 0 saturated heterocycles. The van der Waals surface area contributed by atoms with Gasteiger partial charge in [0.1, 0.15) is 5.84 Å². The minimum atomic E-state index is -0.977. The molecule has 0 aliphatic rings. The van der Waals surface area contributed by atoms with Crippen molar-refractivity contribution in [2.24, 2.45) is 4.99 Å². The van der Waals surface area contributed by atoms with Gasteiger partial charge in [0, 0.05) is 31.9 Å². The monoisotopic (exact) mass is 218 g/mol. The van der Waals surface area contributed by atoms with Gasteiger partial charge in [-0.15, -0.1) is 0 Å². The number of nitrogens with zero attached hydrogens (tertiary/aromatic N) is 2. The number of amidine groups is 1. The fourth-order valence-electron chi connectivity index (χ4n) is 1.32. The highest BCUT2D eigenvalue weighted by molar-refractivity contribution is 5.99. The van der Waals surface area contributed by atoms with Crippen LogP contribution in [0.2, 0.25) is 0 Å². The zero-order valence-corrected chi connectivity index (χ0v) is 9.29. The third kappa shape index (κ3) is 3.24. The molecule has 16 heavy (non-hydrogen) atoms. The van der Waals surface area contributed by atoms with Crippen LogP contribution in [0, 0.1) is 0 Å². The van der Waals surface area contributed by atoms with Gasteiger partial charge in [0.2, 0.25) is 0 Å². The fraction of sp³-hybridized carbons (Fsp3) is 0.167. The largest absolute Gasteiger partial charge is 0.478 e. The first kappa shape index (κ1) is 12.0. The molecule has 0 saturated carbocycles. The second-order valence-electron chi connectivity index (χ2n) is 3.18. The molecule has 4 heteroatoms. The molecule has 1 aromatic rings. The summed E-state index contributed by atoms with van der Waals surface area (Å²) in [6.45, 7) is 0. The maximum atomic E-state index is 10.4. The predicted octanol–water partition coefficient (Wildman–Crippen LogP) is 1.59. The van der Waals surface area contributed by atoms with Crippen molar-refractivity contribution in [3.63, 3.8) is 0 Å². The molecule has 0 spiro atoms. The highest BCUT2D eigenvalue weighted by Crippen LogP contribution is 2.04. The van der Waals surface area contributed by atoms with E-state index in [0.717, 1.165) is 17.5 Å². The van der Waals surface area contributed by atoms with Crippen molar-refractivity contribution in [2.75, 3.05) is 14.1 Å². The zero-order valence-electron chi connectivity index (χ0n) is 9.29. The molecule has 1 aromatic carbocycles. The Labute approximate surface area is 94.5 Å². The Morgan fingerprint density at radius 1 is 1.38 bits per heavy atom. The Balaban J connectivity index is 2.89. The molecular formula is C12H14N2O2. The molecule has 0 unspecified atom stereocenters. The first-order valence-electron chi connectivity index (χ1n) is 4.81. The van der Waals surface area contributed by atoms with Gasteiger partial charge >= 0.3 is 5.97 Å². The Bertz CT molecular complexity index is 410. The first-order valence-corrected chi connectivity index (χ1v) is 4.81. The van der Waals surface area contributed by atoms with E-state index in [1.807, 2.05) is 30.3 Å². The van der Waals surface area contributed by atoms with Crippen LogP contribution >= 0.6 is 0 Å². The average Bonchev–Trinajstić information content (AvgIpc) is 2.29. The van der Waals surface area contributed by atoms with E-state index in [4.69, 9.17) is 5.11 Å². The molecule has 1 rings (SSSR count). The summed E-state index contributed by atoms with van der Waals surface area (Å²) >= 11 is 0. The normalized spacial score (nSPS) is 11.8. The fourth-order valence-corrected chi connectivity index (χ4v) is 1.32. The van der Waals surface area contributed by atoms with Gasteiger partial charge in [-0.1, -0.05) is 30.3 Å². The van der Waals surface area contributed by atoms with Crippen LogP contribution in [0.15, 0.2) is 47.6 Å². The Hall–Kier alpha value is -2.10. The van der Waals surface area contributed by atoms with E-state index in [2.05, 4.69) is 4.99 Å². The SMILES string of the molecule is CN=C(c1ccccc1)N(C)/C=C/C(=O)O. The number of carboxylic acids is 1. The van der Waals surface area contributed by atoms with Crippen molar-refractivity contribution in [3.8, 4) is 0 Å². The second-order valence-corrected chi connectivity index (χ2v) is 3.18. The lowest BCUT2D eigenvalue weighted by Crippen LogP contribution is -2.22. The van der Waals surface area contributed by atoms with Gasteiger partial charge in [0.05, 0.1) is 0 Å². The summed E-state index contributed by atoms with van der Waals surface area (Å²) in [5.41, 5.74) is 0.947. The second kappa shape index (κ2) is 5.70. The van der Waals surface area contributed by atoms with Crippen LogP contribution < -0.4 is 0 Å². The van der Waals surface area contributed by atoms with Gasteiger partial charge in [-0.2, -0.15) is 0 Å². The summed E-state index contributed by atoms with van der Waals surface area (Å²) in [6.07, 6.45) is 2.55. The summed E-state index contributed by atoms with van der Waals surface area (Å²) in [6, 6.07) is 9.59. The van der Waals surface area contributed by atoms with Crippen LogP contribution in [-0.4, -0.2) is 35.9 Å². The van der Waals surface area contributed by atoms with Gasteiger partial charge < -0.3 is 10.0 Å². The summed E-state index contributed by atoms with van der Waals surface area (Å²) in [5.74, 6) is -0.256. The van der Waals surface area contributed by atoms with E-state index in [1.54, 1.807) is 19.0 Å². The summed E-state index contributed by atoms with van der Waals surface area (Å²) in [4.78, 5) is 16.2. The number of rotatable bonds is 3. The summed E-state index contributed by atoms with van der Waals surface area (Å²) in [7, 11) is 3.43. The van der Waals surface area contributed by atoms with Crippen LogP contribution in [0.25, 0.3) is 0 Å². The lowest BCUT2D eigenvalue weighted by Gasteiger charge is -2.16. The molecule has 0 aliphatic carbocycles. The Kier molecular flexibility index (Phi) is 4.27. The number of carbonyl (C=O) groups is 1. The number of aliphatic carboxylic acids is 1. The van der Waals surface area contributed by atoms with E-state index in [-0.39, 0.29) is 0 Å². The molecule has 0 fully saturated rings. The van der Waals surface area contributed by atoms with E-state index in [9.17, 15) is 4.79 Å². The quantitative estimate of drug-likeness (QED) is 0.476. The predicted molar refractivity (Wildman–Crippen MR) is 63.4 cm³/mol. The van der Waals surface area contributed by atoms with E-state index in [1.165, 1.54) is 6.20 Å². The van der Waals surface area contributed by atoms with Crippen molar-refractivity contribution in [3.05, 3.63) is 48.2 Å². The van der Waals surface area contributed by atoms with Crippen molar-refractivity contribution in [1.29, 1.82) is 0 Å². The number of carboxylic acid groups (broad SMARTS) is 1. The lowest BCUT2D eigenvalue weighted by molar-refractivity contribution is -0.131. The van der Waals surface area contributed by atoms with Crippen LogP contribution in [0.4, 0.5) is 0 Å². The van der Waals surface area contributed by atoms with Crippen LogP contribution in [0.1, 0.15) is 5.56 Å². The van der Waals surface area contributed by atoms with Gasteiger partial charge in [0.15, 0.2) is 0 Å². The van der Waals surface area contributed by atoms with Crippen molar-refractivity contribution in [2.45, 2.75) is 0 Å². The van der Waals surface area contributed by atoms with Gasteiger partial charge in [-0.3, -0.25) is 4.99 Å². The van der Waals surface area contributed by atoms with Crippen LogP contribution in [-0.2, 0) is 4.79 Å². The number of hydrogen-bond donors (Lipinski definition) is 1. The van der Waals surface area contributed by atoms with E-state index < -0.39 is 5.97 Å². The smallest absolute Gasteiger partial charge is 0.329 e. The van der Waals surface area contributed by atoms with Crippen molar-refractivity contribution < 1.29 is 9.90 Å². The number of benzene rings is 1.